The van der Waals surface area contributed by atoms with Crippen molar-refractivity contribution in [3.05, 3.63) is 0 Å². The zero-order valence-corrected chi connectivity index (χ0v) is 13.5. The Balaban J connectivity index is 0. The number of quaternary nitrogens is 1. The highest BCUT2D eigenvalue weighted by Crippen LogP contribution is 2.12. The van der Waals surface area contributed by atoms with Crippen LogP contribution >= 0.6 is 0 Å². The first-order chi connectivity index (χ1) is 8.18. The number of unbranched alkanes of at least 4 members (excludes halogenated alkanes) is 5. The Bertz CT molecular complexity index is 167. The van der Waals surface area contributed by atoms with Crippen molar-refractivity contribution >= 4 is 0 Å². The van der Waals surface area contributed by atoms with Crippen LogP contribution in [0.15, 0.2) is 0 Å². The third-order valence-corrected chi connectivity index (χ3v) is 3.71. The van der Waals surface area contributed by atoms with Crippen molar-refractivity contribution in [3.63, 3.8) is 0 Å². The maximum atomic E-state index is 9.00. The van der Waals surface area contributed by atoms with E-state index in [1.54, 1.807) is 0 Å². The molecule has 0 amide bonds. The number of hydrogen-bond donors (Lipinski definition) is 1. The van der Waals surface area contributed by atoms with Crippen molar-refractivity contribution in [2.75, 3.05) is 33.3 Å². The Labute approximate surface area is 121 Å². The lowest BCUT2D eigenvalue weighted by Gasteiger charge is -2.35. The van der Waals surface area contributed by atoms with Crippen LogP contribution in [0.1, 0.15) is 65.2 Å². The van der Waals surface area contributed by atoms with Crippen molar-refractivity contribution < 1.29 is 22.0 Å². The first-order valence-corrected chi connectivity index (χ1v) is 7.63. The maximum absolute atomic E-state index is 9.00. The van der Waals surface area contributed by atoms with Gasteiger partial charge in [-0.2, -0.15) is 0 Å². The van der Waals surface area contributed by atoms with E-state index >= 15 is 0 Å². The SMILES string of the molecule is CCCCCC[N+](C)(CCCO)CCCCC.[Cl-]. The second kappa shape index (κ2) is 13.6. The zero-order valence-electron chi connectivity index (χ0n) is 12.8. The highest BCUT2D eigenvalue weighted by Gasteiger charge is 2.19. The van der Waals surface area contributed by atoms with Gasteiger partial charge in [-0.25, -0.2) is 0 Å². The molecular weight excluding hydrogens is 246 g/mol. The Kier molecular flexibility index (Phi) is 15.6. The summed E-state index contributed by atoms with van der Waals surface area (Å²) in [4.78, 5) is 0. The fourth-order valence-electron chi connectivity index (χ4n) is 2.45. The molecule has 0 spiro atoms. The first-order valence-electron chi connectivity index (χ1n) is 7.63. The van der Waals surface area contributed by atoms with Gasteiger partial charge in [0.05, 0.1) is 26.7 Å². The van der Waals surface area contributed by atoms with Gasteiger partial charge in [0, 0.05) is 13.0 Å². The van der Waals surface area contributed by atoms with Crippen LogP contribution in [0.2, 0.25) is 0 Å². The quantitative estimate of drug-likeness (QED) is 0.410. The predicted octanol–water partition coefficient (Wildman–Crippen LogP) is 0.590. The molecule has 0 fully saturated rings. The van der Waals surface area contributed by atoms with Crippen LogP contribution in [0.25, 0.3) is 0 Å². The second-order valence-electron chi connectivity index (χ2n) is 5.64. The van der Waals surface area contributed by atoms with E-state index in [2.05, 4.69) is 20.9 Å². The minimum absolute atomic E-state index is 0. The third kappa shape index (κ3) is 11.3. The normalized spacial score (nSPS) is 14.0. The Morgan fingerprint density at radius 3 is 1.67 bits per heavy atom. The van der Waals surface area contributed by atoms with Gasteiger partial charge in [-0.1, -0.05) is 33.1 Å². The van der Waals surface area contributed by atoms with E-state index in [1.165, 1.54) is 62.5 Å². The van der Waals surface area contributed by atoms with Crippen molar-refractivity contribution in [2.45, 2.75) is 65.2 Å². The molecule has 0 rings (SSSR count). The Hall–Kier alpha value is 0.210. The van der Waals surface area contributed by atoms with Gasteiger partial charge in [0.1, 0.15) is 0 Å². The number of nitrogens with zero attached hydrogens (tertiary/aromatic N) is 1. The van der Waals surface area contributed by atoms with Crippen molar-refractivity contribution in [1.29, 1.82) is 0 Å². The van der Waals surface area contributed by atoms with Crippen molar-refractivity contribution in [1.82, 2.24) is 0 Å². The Morgan fingerprint density at radius 1 is 0.722 bits per heavy atom. The summed E-state index contributed by atoms with van der Waals surface area (Å²) in [7, 11) is 2.37. The van der Waals surface area contributed by atoms with Gasteiger partial charge in [-0.3, -0.25) is 0 Å². The lowest BCUT2D eigenvalue weighted by Crippen LogP contribution is -3.00. The average Bonchev–Trinajstić information content (AvgIpc) is 2.33. The molecule has 1 N–H and O–H groups in total. The molecule has 1 unspecified atom stereocenters. The van der Waals surface area contributed by atoms with E-state index < -0.39 is 0 Å². The molecule has 0 bridgehead atoms. The molecular formula is C15H34ClNO. The summed E-state index contributed by atoms with van der Waals surface area (Å²) in [6, 6.07) is 0. The maximum Gasteiger partial charge on any atom is 0.0806 e. The number of hydrogen-bond acceptors (Lipinski definition) is 1. The summed E-state index contributed by atoms with van der Waals surface area (Å²) < 4.78 is 1.17. The standard InChI is InChI=1S/C15H34NO.ClH/c1-4-6-8-10-13-16(3,14-11-15-17)12-9-7-5-2;/h17H,4-15H2,1-3H3;1H/q+1;/p-1. The largest absolute Gasteiger partial charge is 1.00 e. The fourth-order valence-corrected chi connectivity index (χ4v) is 2.45. The predicted molar refractivity (Wildman–Crippen MR) is 76.2 cm³/mol. The van der Waals surface area contributed by atoms with E-state index in [4.69, 9.17) is 5.11 Å². The summed E-state index contributed by atoms with van der Waals surface area (Å²) in [5.74, 6) is 0. The summed E-state index contributed by atoms with van der Waals surface area (Å²) in [6.45, 7) is 8.60. The van der Waals surface area contributed by atoms with Gasteiger partial charge in [-0.15, -0.1) is 0 Å². The van der Waals surface area contributed by atoms with E-state index in [0.29, 0.717) is 6.61 Å². The van der Waals surface area contributed by atoms with E-state index in [-0.39, 0.29) is 12.4 Å². The smallest absolute Gasteiger partial charge is 0.0806 e. The zero-order chi connectivity index (χ0) is 13.0. The van der Waals surface area contributed by atoms with Crippen molar-refractivity contribution in [3.8, 4) is 0 Å². The first kappa shape index (κ1) is 20.5. The van der Waals surface area contributed by atoms with Crippen LogP contribution in [0.5, 0.6) is 0 Å². The molecule has 2 nitrogen and oxygen atoms in total. The van der Waals surface area contributed by atoms with Crippen LogP contribution in [-0.2, 0) is 0 Å². The molecule has 112 valence electrons. The molecule has 18 heavy (non-hydrogen) atoms. The molecule has 1 atom stereocenters. The highest BCUT2D eigenvalue weighted by molar-refractivity contribution is 4.46. The van der Waals surface area contributed by atoms with Gasteiger partial charge >= 0.3 is 0 Å². The molecule has 0 aliphatic heterocycles. The second-order valence-corrected chi connectivity index (χ2v) is 5.64. The minimum atomic E-state index is 0. The summed E-state index contributed by atoms with van der Waals surface area (Å²) in [6.07, 6.45) is 10.4. The molecule has 0 radical (unpaired) electrons. The molecule has 3 heteroatoms. The topological polar surface area (TPSA) is 20.2 Å². The molecule has 0 aliphatic carbocycles. The van der Waals surface area contributed by atoms with E-state index in [1.807, 2.05) is 0 Å². The molecule has 0 aromatic carbocycles. The van der Waals surface area contributed by atoms with Gasteiger partial charge in [0.25, 0.3) is 0 Å². The van der Waals surface area contributed by atoms with Gasteiger partial charge in [0.2, 0.25) is 0 Å². The number of aliphatic hydroxyl groups is 1. The van der Waals surface area contributed by atoms with Crippen LogP contribution in [0, 0.1) is 0 Å². The van der Waals surface area contributed by atoms with Crippen LogP contribution in [0.3, 0.4) is 0 Å². The van der Waals surface area contributed by atoms with Crippen LogP contribution in [0.4, 0.5) is 0 Å². The van der Waals surface area contributed by atoms with Gasteiger partial charge in [-0.05, 0) is 25.7 Å². The highest BCUT2D eigenvalue weighted by atomic mass is 35.5. The molecule has 0 saturated heterocycles. The molecule has 0 heterocycles. The summed E-state index contributed by atoms with van der Waals surface area (Å²) in [5.41, 5.74) is 0. The fraction of sp³-hybridized carbons (Fsp3) is 1.00. The monoisotopic (exact) mass is 279 g/mol. The molecule has 0 saturated carbocycles. The van der Waals surface area contributed by atoms with E-state index in [9.17, 15) is 0 Å². The summed E-state index contributed by atoms with van der Waals surface area (Å²) >= 11 is 0. The Morgan fingerprint density at radius 2 is 1.17 bits per heavy atom. The van der Waals surface area contributed by atoms with Crippen LogP contribution in [-0.4, -0.2) is 42.9 Å². The number of aliphatic hydroxyl groups excluding tert-OH is 1. The molecule has 0 aromatic rings. The number of rotatable bonds is 12. The lowest BCUT2D eigenvalue weighted by atomic mass is 10.1. The van der Waals surface area contributed by atoms with Crippen LogP contribution < -0.4 is 12.4 Å². The number of halogens is 1. The molecule has 0 aliphatic rings. The third-order valence-electron chi connectivity index (χ3n) is 3.71. The minimum Gasteiger partial charge on any atom is -1.00 e. The lowest BCUT2D eigenvalue weighted by molar-refractivity contribution is -0.910. The van der Waals surface area contributed by atoms with Crippen molar-refractivity contribution in [2.24, 2.45) is 0 Å². The average molecular weight is 280 g/mol. The van der Waals surface area contributed by atoms with Gasteiger partial charge in [0.15, 0.2) is 0 Å². The summed E-state index contributed by atoms with van der Waals surface area (Å²) in [5, 5.41) is 9.00. The van der Waals surface area contributed by atoms with E-state index in [0.717, 1.165) is 13.0 Å². The molecule has 0 aromatic heterocycles. The van der Waals surface area contributed by atoms with Gasteiger partial charge < -0.3 is 22.0 Å².